The highest BCUT2D eigenvalue weighted by Crippen LogP contribution is 2.43. The Balaban J connectivity index is 2.00. The first kappa shape index (κ1) is 8.06. The van der Waals surface area contributed by atoms with E-state index in [1.54, 1.807) is 0 Å². The summed E-state index contributed by atoms with van der Waals surface area (Å²) in [4.78, 5) is 0.377. The van der Waals surface area contributed by atoms with E-state index in [4.69, 9.17) is 0 Å². The number of alkyl halides is 1. The van der Waals surface area contributed by atoms with E-state index in [-0.39, 0.29) is 6.10 Å². The largest absolute Gasteiger partial charge is 0.392 e. The highest BCUT2D eigenvalue weighted by molar-refractivity contribution is 9.09. The van der Waals surface area contributed by atoms with E-state index in [9.17, 15) is 5.11 Å². The Hall–Kier alpha value is 0.440. The summed E-state index contributed by atoms with van der Waals surface area (Å²) in [5.41, 5.74) is 0. The first-order valence-corrected chi connectivity index (χ1v) is 5.51. The molecule has 11 heavy (non-hydrogen) atoms. The summed E-state index contributed by atoms with van der Waals surface area (Å²) in [6, 6.07) is 0. The van der Waals surface area contributed by atoms with Crippen LogP contribution >= 0.6 is 15.9 Å². The quantitative estimate of drug-likeness (QED) is 0.620. The molecule has 2 fully saturated rings. The molecule has 2 heteroatoms. The number of aliphatic hydroxyl groups excluding tert-OH is 1. The molecule has 0 spiro atoms. The lowest BCUT2D eigenvalue weighted by Crippen LogP contribution is -2.33. The van der Waals surface area contributed by atoms with Crippen molar-refractivity contribution in [2.75, 3.05) is 0 Å². The summed E-state index contributed by atoms with van der Waals surface area (Å²) in [6.45, 7) is 0. The van der Waals surface area contributed by atoms with Gasteiger partial charge in [-0.05, 0) is 24.7 Å². The lowest BCUT2D eigenvalue weighted by atomic mass is 9.80. The Bertz CT molecular complexity index is 132. The maximum atomic E-state index is 9.58. The molecule has 0 saturated heterocycles. The molecule has 0 amide bonds. The van der Waals surface area contributed by atoms with Gasteiger partial charge in [-0.2, -0.15) is 0 Å². The predicted molar refractivity (Wildman–Crippen MR) is 48.8 cm³/mol. The van der Waals surface area contributed by atoms with Crippen LogP contribution in [-0.4, -0.2) is 16.0 Å². The topological polar surface area (TPSA) is 20.2 Å². The van der Waals surface area contributed by atoms with Crippen LogP contribution in [0.1, 0.15) is 32.1 Å². The molecular formula is C9H15BrO. The zero-order valence-corrected chi connectivity index (χ0v) is 8.26. The first-order chi connectivity index (χ1) is 5.27. The van der Waals surface area contributed by atoms with Gasteiger partial charge in [-0.25, -0.2) is 0 Å². The van der Waals surface area contributed by atoms with Gasteiger partial charge in [0, 0.05) is 4.83 Å². The summed E-state index contributed by atoms with van der Waals surface area (Å²) < 4.78 is 0. The molecule has 0 unspecified atom stereocenters. The van der Waals surface area contributed by atoms with Crippen LogP contribution in [0, 0.1) is 11.8 Å². The molecule has 0 bridgehead atoms. The molecule has 2 saturated carbocycles. The van der Waals surface area contributed by atoms with Crippen molar-refractivity contribution in [3.8, 4) is 0 Å². The standard InChI is InChI=1S/C9H15BrO/c10-8-4-6-2-1-3-7(6)5-9(8)11/h6-9,11H,1-5H2/t6-,7-,8+,9+/m1/s1. The van der Waals surface area contributed by atoms with E-state index in [1.807, 2.05) is 0 Å². The first-order valence-electron chi connectivity index (χ1n) is 4.59. The van der Waals surface area contributed by atoms with Crippen LogP contribution in [0.25, 0.3) is 0 Å². The summed E-state index contributed by atoms with van der Waals surface area (Å²) in [5.74, 6) is 1.77. The normalized spacial score (nSPS) is 50.7. The summed E-state index contributed by atoms with van der Waals surface area (Å²) in [6.07, 6.45) is 6.32. The molecule has 1 nitrogen and oxygen atoms in total. The fourth-order valence-corrected chi connectivity index (χ4v) is 3.33. The van der Waals surface area contributed by atoms with E-state index in [2.05, 4.69) is 15.9 Å². The van der Waals surface area contributed by atoms with Crippen LogP contribution in [0.4, 0.5) is 0 Å². The van der Waals surface area contributed by atoms with Crippen LogP contribution in [0.15, 0.2) is 0 Å². The van der Waals surface area contributed by atoms with Crippen molar-refractivity contribution in [2.24, 2.45) is 11.8 Å². The predicted octanol–water partition coefficient (Wildman–Crippen LogP) is 2.32. The van der Waals surface area contributed by atoms with Gasteiger partial charge in [0.2, 0.25) is 0 Å². The lowest BCUT2D eigenvalue weighted by molar-refractivity contribution is 0.0892. The third kappa shape index (κ3) is 1.48. The molecule has 0 aromatic rings. The number of rotatable bonds is 0. The number of fused-ring (bicyclic) bond motifs is 1. The maximum absolute atomic E-state index is 9.58. The molecule has 64 valence electrons. The summed E-state index contributed by atoms with van der Waals surface area (Å²) in [7, 11) is 0. The third-order valence-electron chi connectivity index (χ3n) is 3.31. The molecule has 2 aliphatic rings. The van der Waals surface area contributed by atoms with Crippen molar-refractivity contribution in [2.45, 2.75) is 43.0 Å². The SMILES string of the molecule is O[C@H]1C[C@H]2CCC[C@@H]2C[C@@H]1Br. The molecule has 0 aromatic carbocycles. The van der Waals surface area contributed by atoms with Crippen LogP contribution in [0.3, 0.4) is 0 Å². The van der Waals surface area contributed by atoms with Gasteiger partial charge in [-0.15, -0.1) is 0 Å². The van der Waals surface area contributed by atoms with Gasteiger partial charge in [0.05, 0.1) is 6.10 Å². The van der Waals surface area contributed by atoms with Crippen LogP contribution in [0.2, 0.25) is 0 Å². The molecule has 0 aromatic heterocycles. The molecule has 0 aliphatic heterocycles. The molecule has 0 heterocycles. The van der Waals surface area contributed by atoms with Crippen molar-refractivity contribution in [1.29, 1.82) is 0 Å². The van der Waals surface area contributed by atoms with Gasteiger partial charge < -0.3 is 5.11 Å². The van der Waals surface area contributed by atoms with Crippen molar-refractivity contribution in [1.82, 2.24) is 0 Å². The minimum atomic E-state index is -0.0747. The average Bonchev–Trinajstić information content (AvgIpc) is 2.36. The molecule has 2 aliphatic carbocycles. The van der Waals surface area contributed by atoms with E-state index in [0.717, 1.165) is 18.3 Å². The Morgan fingerprint density at radius 2 is 1.73 bits per heavy atom. The second-order valence-electron chi connectivity index (χ2n) is 4.01. The number of hydrogen-bond acceptors (Lipinski definition) is 1. The minimum absolute atomic E-state index is 0.0747. The van der Waals surface area contributed by atoms with Crippen LogP contribution in [-0.2, 0) is 0 Å². The fraction of sp³-hybridized carbons (Fsp3) is 1.00. The Kier molecular flexibility index (Phi) is 2.24. The molecule has 2 rings (SSSR count). The highest BCUT2D eigenvalue weighted by atomic mass is 79.9. The summed E-state index contributed by atoms with van der Waals surface area (Å²) in [5, 5.41) is 9.58. The number of hydrogen-bond donors (Lipinski definition) is 1. The molecule has 0 radical (unpaired) electrons. The monoisotopic (exact) mass is 218 g/mol. The van der Waals surface area contributed by atoms with Crippen LogP contribution < -0.4 is 0 Å². The maximum Gasteiger partial charge on any atom is 0.0668 e. The molecular weight excluding hydrogens is 204 g/mol. The average molecular weight is 219 g/mol. The summed E-state index contributed by atoms with van der Waals surface area (Å²) >= 11 is 3.54. The van der Waals surface area contributed by atoms with E-state index < -0.39 is 0 Å². The van der Waals surface area contributed by atoms with E-state index >= 15 is 0 Å². The van der Waals surface area contributed by atoms with Gasteiger partial charge in [-0.1, -0.05) is 35.2 Å². The Labute approximate surface area is 76.3 Å². The van der Waals surface area contributed by atoms with Gasteiger partial charge >= 0.3 is 0 Å². The van der Waals surface area contributed by atoms with Crippen molar-refractivity contribution in [3.05, 3.63) is 0 Å². The van der Waals surface area contributed by atoms with Gasteiger partial charge in [0.25, 0.3) is 0 Å². The van der Waals surface area contributed by atoms with Gasteiger partial charge in [0.1, 0.15) is 0 Å². The zero-order chi connectivity index (χ0) is 7.84. The third-order valence-corrected chi connectivity index (χ3v) is 4.29. The second-order valence-corrected chi connectivity index (χ2v) is 5.18. The molecule has 4 atom stereocenters. The minimum Gasteiger partial charge on any atom is -0.392 e. The zero-order valence-electron chi connectivity index (χ0n) is 6.67. The smallest absolute Gasteiger partial charge is 0.0668 e. The Morgan fingerprint density at radius 1 is 1.09 bits per heavy atom. The fourth-order valence-electron chi connectivity index (χ4n) is 2.64. The van der Waals surface area contributed by atoms with Crippen molar-refractivity contribution < 1.29 is 5.11 Å². The van der Waals surface area contributed by atoms with E-state index in [1.165, 1.54) is 25.7 Å². The number of aliphatic hydroxyl groups is 1. The Morgan fingerprint density at radius 3 is 2.45 bits per heavy atom. The number of halogens is 1. The van der Waals surface area contributed by atoms with Crippen molar-refractivity contribution in [3.63, 3.8) is 0 Å². The second kappa shape index (κ2) is 3.06. The van der Waals surface area contributed by atoms with Gasteiger partial charge in [0.15, 0.2) is 0 Å². The lowest BCUT2D eigenvalue weighted by Gasteiger charge is -2.32. The van der Waals surface area contributed by atoms with Gasteiger partial charge in [-0.3, -0.25) is 0 Å². The highest BCUT2D eigenvalue weighted by Gasteiger charge is 2.37. The van der Waals surface area contributed by atoms with Crippen LogP contribution in [0.5, 0.6) is 0 Å². The van der Waals surface area contributed by atoms with E-state index in [0.29, 0.717) is 4.83 Å². The van der Waals surface area contributed by atoms with Crippen molar-refractivity contribution >= 4 is 15.9 Å². The molecule has 1 N–H and O–H groups in total.